The van der Waals surface area contributed by atoms with Crippen LogP contribution in [0.5, 0.6) is 0 Å². The number of hydrogen-bond acceptors (Lipinski definition) is 4. The molecule has 1 saturated carbocycles. The van der Waals surface area contributed by atoms with Crippen molar-refractivity contribution in [2.45, 2.75) is 50.6 Å². The van der Waals surface area contributed by atoms with Gasteiger partial charge in [0.15, 0.2) is 0 Å². The van der Waals surface area contributed by atoms with Crippen LogP contribution in [0.3, 0.4) is 0 Å². The van der Waals surface area contributed by atoms with Crippen molar-refractivity contribution in [3.05, 3.63) is 29.8 Å². The standard InChI is InChI=1S/C17H24N2O5S/c1-4-18(5-2)25(23,24)15-8-6-7-13(11-15)16(20)19(14-9-10-14)12(3)17(21)22/h6-8,11-12,14H,4-5,9-10H2,1-3H3,(H,21,22). The summed E-state index contributed by atoms with van der Waals surface area (Å²) in [7, 11) is -3.68. The minimum atomic E-state index is -3.68. The van der Waals surface area contributed by atoms with Crippen LogP contribution in [0.15, 0.2) is 29.2 Å². The third-order valence-corrected chi connectivity index (χ3v) is 6.42. The molecule has 0 heterocycles. The van der Waals surface area contributed by atoms with Crippen molar-refractivity contribution >= 4 is 21.9 Å². The normalized spacial score (nSPS) is 15.8. The Kier molecular flexibility index (Phi) is 5.84. The van der Waals surface area contributed by atoms with Crippen molar-refractivity contribution < 1.29 is 23.1 Å². The molecule has 8 heteroatoms. The molecule has 1 N–H and O–H groups in total. The molecule has 0 radical (unpaired) electrons. The second kappa shape index (κ2) is 7.53. The number of carboxylic acids is 1. The smallest absolute Gasteiger partial charge is 0.326 e. The maximum Gasteiger partial charge on any atom is 0.326 e. The van der Waals surface area contributed by atoms with Gasteiger partial charge in [0.05, 0.1) is 4.90 Å². The third kappa shape index (κ3) is 4.01. The van der Waals surface area contributed by atoms with E-state index < -0.39 is 27.9 Å². The first-order chi connectivity index (χ1) is 11.7. The lowest BCUT2D eigenvalue weighted by Gasteiger charge is -2.27. The van der Waals surface area contributed by atoms with Gasteiger partial charge in [-0.15, -0.1) is 0 Å². The molecule has 7 nitrogen and oxygen atoms in total. The van der Waals surface area contributed by atoms with Crippen LogP contribution in [0.2, 0.25) is 0 Å². The lowest BCUT2D eigenvalue weighted by Crippen LogP contribution is -2.44. The number of aliphatic carboxylic acids is 1. The van der Waals surface area contributed by atoms with Crippen LogP contribution in [0.4, 0.5) is 0 Å². The summed E-state index contributed by atoms with van der Waals surface area (Å²) in [6.45, 7) is 5.64. The van der Waals surface area contributed by atoms with Crippen LogP contribution in [0.1, 0.15) is 44.0 Å². The summed E-state index contributed by atoms with van der Waals surface area (Å²) in [5.41, 5.74) is 0.188. The van der Waals surface area contributed by atoms with Gasteiger partial charge in [0.1, 0.15) is 6.04 Å². The Morgan fingerprint density at radius 2 is 1.84 bits per heavy atom. The number of carboxylic acid groups (broad SMARTS) is 1. The molecule has 0 spiro atoms. The molecule has 0 bridgehead atoms. The van der Waals surface area contributed by atoms with Crippen molar-refractivity contribution in [1.82, 2.24) is 9.21 Å². The predicted octanol–water partition coefficient (Wildman–Crippen LogP) is 1.79. The first-order valence-electron chi connectivity index (χ1n) is 8.39. The maximum atomic E-state index is 12.8. The second-order valence-electron chi connectivity index (χ2n) is 6.07. The van der Waals surface area contributed by atoms with Crippen molar-refractivity contribution in [2.24, 2.45) is 0 Å². The zero-order valence-electron chi connectivity index (χ0n) is 14.7. The molecule has 1 aromatic rings. The summed E-state index contributed by atoms with van der Waals surface area (Å²) in [5.74, 6) is -1.53. The number of carbonyl (C=O) groups excluding carboxylic acids is 1. The second-order valence-corrected chi connectivity index (χ2v) is 8.01. The van der Waals surface area contributed by atoms with Crippen LogP contribution in [-0.4, -0.2) is 59.8 Å². The molecule has 138 valence electrons. The molecule has 1 aliphatic rings. The lowest BCUT2D eigenvalue weighted by molar-refractivity contribution is -0.141. The van der Waals surface area contributed by atoms with Crippen molar-refractivity contribution in [3.63, 3.8) is 0 Å². The molecule has 0 saturated heterocycles. The van der Waals surface area contributed by atoms with E-state index in [9.17, 15) is 23.1 Å². The third-order valence-electron chi connectivity index (χ3n) is 4.37. The first-order valence-corrected chi connectivity index (χ1v) is 9.83. The molecule has 25 heavy (non-hydrogen) atoms. The quantitative estimate of drug-likeness (QED) is 0.755. The molecule has 0 aliphatic heterocycles. The zero-order valence-corrected chi connectivity index (χ0v) is 15.5. The van der Waals surface area contributed by atoms with E-state index in [4.69, 9.17) is 0 Å². The van der Waals surface area contributed by atoms with E-state index in [-0.39, 0.29) is 16.5 Å². The van der Waals surface area contributed by atoms with Crippen LogP contribution in [0, 0.1) is 0 Å². The lowest BCUT2D eigenvalue weighted by atomic mass is 10.1. The number of nitrogens with zero attached hydrogens (tertiary/aromatic N) is 2. The Morgan fingerprint density at radius 1 is 1.24 bits per heavy atom. The highest BCUT2D eigenvalue weighted by atomic mass is 32.2. The van der Waals surface area contributed by atoms with E-state index in [2.05, 4.69) is 0 Å². The number of hydrogen-bond donors (Lipinski definition) is 1. The molecule has 1 aromatic carbocycles. The number of carbonyl (C=O) groups is 2. The minimum Gasteiger partial charge on any atom is -0.480 e. The van der Waals surface area contributed by atoms with Gasteiger partial charge in [-0.2, -0.15) is 4.31 Å². The Morgan fingerprint density at radius 3 is 2.32 bits per heavy atom. The van der Waals surface area contributed by atoms with E-state index >= 15 is 0 Å². The van der Waals surface area contributed by atoms with E-state index in [1.807, 2.05) is 0 Å². The van der Waals surface area contributed by atoms with Crippen molar-refractivity contribution in [2.75, 3.05) is 13.1 Å². The van der Waals surface area contributed by atoms with Gasteiger partial charge >= 0.3 is 5.97 Å². The summed E-state index contributed by atoms with van der Waals surface area (Å²) in [6, 6.07) is 4.77. The van der Waals surface area contributed by atoms with Gasteiger partial charge in [0, 0.05) is 24.7 Å². The Balaban J connectivity index is 2.37. The molecule has 1 atom stereocenters. The first kappa shape index (κ1) is 19.4. The van der Waals surface area contributed by atoms with Gasteiger partial charge in [-0.25, -0.2) is 13.2 Å². The number of benzene rings is 1. The van der Waals surface area contributed by atoms with Crippen molar-refractivity contribution in [1.29, 1.82) is 0 Å². The summed E-state index contributed by atoms with van der Waals surface area (Å²) >= 11 is 0. The number of sulfonamides is 1. The summed E-state index contributed by atoms with van der Waals surface area (Å²) in [6.07, 6.45) is 1.53. The fraction of sp³-hybridized carbons (Fsp3) is 0.529. The van der Waals surface area contributed by atoms with Gasteiger partial charge in [-0.1, -0.05) is 19.9 Å². The highest BCUT2D eigenvalue weighted by Gasteiger charge is 2.39. The van der Waals surface area contributed by atoms with Gasteiger partial charge in [0.25, 0.3) is 5.91 Å². The average molecular weight is 368 g/mol. The predicted molar refractivity (Wildman–Crippen MR) is 92.8 cm³/mol. The molecule has 1 aliphatic carbocycles. The summed E-state index contributed by atoms with van der Waals surface area (Å²) < 4.78 is 26.6. The van der Waals surface area contributed by atoms with E-state index in [1.165, 1.54) is 40.4 Å². The van der Waals surface area contributed by atoms with Gasteiger partial charge in [-0.3, -0.25) is 4.79 Å². The highest BCUT2D eigenvalue weighted by molar-refractivity contribution is 7.89. The fourth-order valence-electron chi connectivity index (χ4n) is 2.78. The molecule has 1 amide bonds. The molecule has 1 fully saturated rings. The number of amides is 1. The van der Waals surface area contributed by atoms with Crippen LogP contribution in [0.25, 0.3) is 0 Å². The SMILES string of the molecule is CCN(CC)S(=O)(=O)c1cccc(C(=O)N(C2CC2)C(C)C(=O)O)c1. The largest absolute Gasteiger partial charge is 0.480 e. The molecular formula is C17H24N2O5S. The van der Waals surface area contributed by atoms with Crippen LogP contribution >= 0.6 is 0 Å². The van der Waals surface area contributed by atoms with Gasteiger partial charge in [-0.05, 0) is 38.0 Å². The fourth-order valence-corrected chi connectivity index (χ4v) is 4.29. The molecule has 1 unspecified atom stereocenters. The zero-order chi connectivity index (χ0) is 18.8. The molecular weight excluding hydrogens is 344 g/mol. The van der Waals surface area contributed by atoms with E-state index in [0.29, 0.717) is 13.1 Å². The van der Waals surface area contributed by atoms with Crippen LogP contribution < -0.4 is 0 Å². The average Bonchev–Trinajstić information content (AvgIpc) is 3.40. The monoisotopic (exact) mass is 368 g/mol. The Bertz CT molecular complexity index is 754. The molecule has 0 aromatic heterocycles. The van der Waals surface area contributed by atoms with E-state index in [1.54, 1.807) is 13.8 Å². The summed E-state index contributed by atoms with van der Waals surface area (Å²) in [4.78, 5) is 25.5. The van der Waals surface area contributed by atoms with Crippen LogP contribution in [-0.2, 0) is 14.8 Å². The Labute approximate surface area is 148 Å². The van der Waals surface area contributed by atoms with E-state index in [0.717, 1.165) is 12.8 Å². The highest BCUT2D eigenvalue weighted by Crippen LogP contribution is 2.30. The van der Waals surface area contributed by atoms with Gasteiger partial charge in [0.2, 0.25) is 10.0 Å². The minimum absolute atomic E-state index is 0.0424. The van der Waals surface area contributed by atoms with Crippen molar-refractivity contribution in [3.8, 4) is 0 Å². The van der Waals surface area contributed by atoms with Gasteiger partial charge < -0.3 is 10.0 Å². The Hall–Kier alpha value is -1.93. The molecule has 2 rings (SSSR count). The summed E-state index contributed by atoms with van der Waals surface area (Å²) in [5, 5.41) is 9.25. The topological polar surface area (TPSA) is 95.0 Å². The number of rotatable bonds is 8. The maximum absolute atomic E-state index is 12.8.